The van der Waals surface area contributed by atoms with Crippen LogP contribution in [-0.4, -0.2) is 39.6 Å². The first kappa shape index (κ1) is 11.8. The smallest absolute Gasteiger partial charge is 0.182 e. The first-order chi connectivity index (χ1) is 9.92. The number of nitrogens with zero attached hydrogens (tertiary/aromatic N) is 4. The number of morpholine rings is 1. The van der Waals surface area contributed by atoms with E-state index in [1.54, 1.807) is 24.0 Å². The highest BCUT2D eigenvalue weighted by Crippen LogP contribution is 2.29. The zero-order chi connectivity index (χ0) is 13.4. The van der Waals surface area contributed by atoms with Crippen LogP contribution < -0.4 is 4.90 Å². The second-order valence-corrected chi connectivity index (χ2v) is 5.60. The number of hydrogen-bond donors (Lipinski definition) is 1. The maximum absolute atomic E-state index is 5.87. The second kappa shape index (κ2) is 4.84. The molecule has 0 amide bonds. The molecule has 0 spiro atoms. The molecule has 7 heteroatoms. The molecule has 3 aromatic rings. The largest absolute Gasteiger partial charge is 0.369 e. The van der Waals surface area contributed by atoms with E-state index >= 15 is 0 Å². The molecule has 6 nitrogen and oxygen atoms in total. The third kappa shape index (κ3) is 1.95. The van der Waals surface area contributed by atoms with E-state index in [2.05, 4.69) is 42.3 Å². The number of aromatic nitrogens is 4. The van der Waals surface area contributed by atoms with Crippen LogP contribution in [0.3, 0.4) is 0 Å². The number of anilines is 1. The van der Waals surface area contributed by atoms with Gasteiger partial charge in [0.05, 0.1) is 19.5 Å². The van der Waals surface area contributed by atoms with Gasteiger partial charge in [0.2, 0.25) is 0 Å². The Balaban J connectivity index is 1.66. The van der Waals surface area contributed by atoms with Crippen molar-refractivity contribution in [2.45, 2.75) is 6.10 Å². The molecule has 1 aliphatic heterocycles. The molecular weight excluding hydrogens is 274 g/mol. The van der Waals surface area contributed by atoms with E-state index in [4.69, 9.17) is 4.74 Å². The Hall–Kier alpha value is -1.99. The van der Waals surface area contributed by atoms with Crippen molar-refractivity contribution in [2.24, 2.45) is 0 Å². The van der Waals surface area contributed by atoms with Gasteiger partial charge in [0, 0.05) is 11.4 Å². The number of aromatic amines is 1. The van der Waals surface area contributed by atoms with E-state index in [1.165, 1.54) is 4.88 Å². The first-order valence-corrected chi connectivity index (χ1v) is 7.34. The van der Waals surface area contributed by atoms with E-state index in [-0.39, 0.29) is 6.10 Å². The highest BCUT2D eigenvalue weighted by atomic mass is 32.1. The summed E-state index contributed by atoms with van der Waals surface area (Å²) in [5.41, 5.74) is 1.59. The lowest BCUT2D eigenvalue weighted by Gasteiger charge is -2.33. The van der Waals surface area contributed by atoms with E-state index in [9.17, 15) is 0 Å². The number of imidazole rings is 1. The fraction of sp³-hybridized carbons (Fsp3) is 0.308. The summed E-state index contributed by atoms with van der Waals surface area (Å²) in [6.07, 6.45) is 3.32. The van der Waals surface area contributed by atoms with Gasteiger partial charge in [-0.3, -0.25) is 0 Å². The molecule has 0 aromatic carbocycles. The number of ether oxygens (including phenoxy) is 1. The molecule has 20 heavy (non-hydrogen) atoms. The number of hydrogen-bond acceptors (Lipinski definition) is 6. The lowest BCUT2D eigenvalue weighted by molar-refractivity contribution is 0.0419. The molecule has 1 unspecified atom stereocenters. The van der Waals surface area contributed by atoms with E-state index in [0.29, 0.717) is 12.3 Å². The van der Waals surface area contributed by atoms with Gasteiger partial charge in [0.15, 0.2) is 11.5 Å². The van der Waals surface area contributed by atoms with Crippen molar-refractivity contribution in [3.8, 4) is 0 Å². The van der Waals surface area contributed by atoms with Crippen molar-refractivity contribution in [3.63, 3.8) is 0 Å². The minimum absolute atomic E-state index is 0.108. The minimum atomic E-state index is 0.108. The molecule has 1 atom stereocenters. The highest BCUT2D eigenvalue weighted by molar-refractivity contribution is 7.10. The van der Waals surface area contributed by atoms with Crippen LogP contribution in [0.1, 0.15) is 11.0 Å². The Kier molecular flexibility index (Phi) is 2.86. The van der Waals surface area contributed by atoms with Gasteiger partial charge in [0.1, 0.15) is 17.9 Å². The maximum atomic E-state index is 5.87. The van der Waals surface area contributed by atoms with Crippen LogP contribution in [0.15, 0.2) is 30.2 Å². The summed E-state index contributed by atoms with van der Waals surface area (Å²) in [5, 5.41) is 2.08. The average molecular weight is 287 g/mol. The quantitative estimate of drug-likeness (QED) is 0.780. The van der Waals surface area contributed by atoms with Gasteiger partial charge in [-0.1, -0.05) is 6.07 Å². The lowest BCUT2D eigenvalue weighted by atomic mass is 10.2. The molecule has 102 valence electrons. The molecule has 3 aromatic heterocycles. The summed E-state index contributed by atoms with van der Waals surface area (Å²) in [5.74, 6) is 0.900. The van der Waals surface area contributed by atoms with Gasteiger partial charge in [0.25, 0.3) is 0 Å². The number of fused-ring (bicyclic) bond motifs is 1. The van der Waals surface area contributed by atoms with Gasteiger partial charge in [-0.25, -0.2) is 15.0 Å². The van der Waals surface area contributed by atoms with Crippen LogP contribution in [0, 0.1) is 0 Å². The first-order valence-electron chi connectivity index (χ1n) is 6.46. The van der Waals surface area contributed by atoms with Gasteiger partial charge in [-0.2, -0.15) is 0 Å². The van der Waals surface area contributed by atoms with Crippen molar-refractivity contribution in [1.29, 1.82) is 0 Å². The van der Waals surface area contributed by atoms with Gasteiger partial charge in [-0.15, -0.1) is 11.3 Å². The number of H-pyrrole nitrogens is 1. The highest BCUT2D eigenvalue weighted by Gasteiger charge is 2.25. The van der Waals surface area contributed by atoms with Crippen LogP contribution >= 0.6 is 11.3 Å². The summed E-state index contributed by atoms with van der Waals surface area (Å²) in [6.45, 7) is 2.32. The second-order valence-electron chi connectivity index (χ2n) is 4.62. The summed E-state index contributed by atoms with van der Waals surface area (Å²) in [7, 11) is 0. The molecule has 0 aliphatic carbocycles. The molecule has 1 aliphatic rings. The fourth-order valence-corrected chi connectivity index (χ4v) is 3.25. The number of nitrogens with one attached hydrogen (secondary N) is 1. The monoisotopic (exact) mass is 287 g/mol. The third-order valence-electron chi connectivity index (χ3n) is 3.43. The SMILES string of the molecule is c1csc(C2CN(c3ncnc4nc[nH]c34)CCO2)c1. The minimum Gasteiger partial charge on any atom is -0.369 e. The Morgan fingerprint density at radius 2 is 2.35 bits per heavy atom. The lowest BCUT2D eigenvalue weighted by Crippen LogP contribution is -2.38. The van der Waals surface area contributed by atoms with E-state index in [0.717, 1.165) is 24.4 Å². The molecule has 0 bridgehead atoms. The van der Waals surface area contributed by atoms with Crippen LogP contribution in [-0.2, 0) is 4.74 Å². The van der Waals surface area contributed by atoms with Crippen molar-refractivity contribution in [2.75, 3.05) is 24.6 Å². The summed E-state index contributed by atoms with van der Waals surface area (Å²) in [4.78, 5) is 19.4. The van der Waals surface area contributed by atoms with Crippen molar-refractivity contribution < 1.29 is 4.74 Å². The molecule has 1 fully saturated rings. The molecule has 0 radical (unpaired) electrons. The maximum Gasteiger partial charge on any atom is 0.182 e. The van der Waals surface area contributed by atoms with Gasteiger partial charge in [-0.05, 0) is 11.4 Å². The van der Waals surface area contributed by atoms with Crippen molar-refractivity contribution in [1.82, 2.24) is 19.9 Å². The van der Waals surface area contributed by atoms with E-state index < -0.39 is 0 Å². The normalized spacial score (nSPS) is 19.6. The molecule has 1 saturated heterocycles. The van der Waals surface area contributed by atoms with Crippen LogP contribution in [0.5, 0.6) is 0 Å². The average Bonchev–Trinajstić information content (AvgIpc) is 3.18. The summed E-state index contributed by atoms with van der Waals surface area (Å²) < 4.78 is 5.87. The Labute approximate surface area is 119 Å². The number of rotatable bonds is 2. The standard InChI is InChI=1S/C13H13N5OS/c1-2-10(20-5-1)9-6-18(3-4-19-9)13-11-12(15-7-14-11)16-8-17-13/h1-2,5,7-9H,3-4,6H2,(H,14,15,16,17). The molecule has 1 N–H and O–H groups in total. The molecule has 4 rings (SSSR count). The van der Waals surface area contributed by atoms with Crippen LogP contribution in [0.2, 0.25) is 0 Å². The summed E-state index contributed by atoms with van der Waals surface area (Å²) in [6, 6.07) is 4.17. The van der Waals surface area contributed by atoms with Crippen molar-refractivity contribution >= 4 is 28.3 Å². The van der Waals surface area contributed by atoms with E-state index in [1.807, 2.05) is 0 Å². The molecule has 4 heterocycles. The Morgan fingerprint density at radius 1 is 1.35 bits per heavy atom. The zero-order valence-corrected chi connectivity index (χ0v) is 11.5. The van der Waals surface area contributed by atoms with Crippen molar-refractivity contribution in [3.05, 3.63) is 35.0 Å². The fourth-order valence-electron chi connectivity index (χ4n) is 2.48. The third-order valence-corrected chi connectivity index (χ3v) is 4.39. The zero-order valence-electron chi connectivity index (χ0n) is 10.7. The Bertz CT molecular complexity index is 710. The van der Waals surface area contributed by atoms with Crippen LogP contribution in [0.25, 0.3) is 11.2 Å². The topological polar surface area (TPSA) is 66.9 Å². The molecule has 0 saturated carbocycles. The Morgan fingerprint density at radius 3 is 3.25 bits per heavy atom. The summed E-state index contributed by atoms with van der Waals surface area (Å²) >= 11 is 1.73. The number of thiophene rings is 1. The van der Waals surface area contributed by atoms with Gasteiger partial charge < -0.3 is 14.6 Å². The predicted molar refractivity (Wildman–Crippen MR) is 76.9 cm³/mol. The van der Waals surface area contributed by atoms with Gasteiger partial charge >= 0.3 is 0 Å². The molecular formula is C13H13N5OS. The van der Waals surface area contributed by atoms with Crippen LogP contribution in [0.4, 0.5) is 5.82 Å². The predicted octanol–water partition coefficient (Wildman–Crippen LogP) is 1.99.